The number of benzene rings is 1. The maximum absolute atomic E-state index is 13.8. The number of nitriles is 1. The molecule has 2 aromatic heterocycles. The molecule has 1 spiro atoms. The van der Waals surface area contributed by atoms with E-state index in [1.165, 1.54) is 6.08 Å². The van der Waals surface area contributed by atoms with Crippen LogP contribution < -0.4 is 4.90 Å². The Bertz CT molecular complexity index is 1510. The number of halogens is 3. The summed E-state index contributed by atoms with van der Waals surface area (Å²) in [6, 6.07) is 6.23. The number of likely N-dealkylation sites (tertiary alicyclic amines) is 1. The number of amides is 1. The summed E-state index contributed by atoms with van der Waals surface area (Å²) in [6.45, 7) is 7.90. The van der Waals surface area contributed by atoms with E-state index in [4.69, 9.17) is 4.98 Å². The van der Waals surface area contributed by atoms with Gasteiger partial charge >= 0.3 is 6.18 Å². The molecule has 2 fully saturated rings. The van der Waals surface area contributed by atoms with E-state index < -0.39 is 12.1 Å². The number of hydrogen-bond donors (Lipinski definition) is 1. The molecule has 3 aliphatic rings. The third-order valence-electron chi connectivity index (χ3n) is 8.48. The first kappa shape index (κ1) is 24.5. The van der Waals surface area contributed by atoms with Crippen molar-refractivity contribution >= 4 is 22.6 Å². The SMILES string of the molecule is C=CC(=O)N1CC2(CCN(c3nc4c(c(-c5c(C)ccc6[nH]ncc56)c3C#N)CC[C@H](C(F)(F)F)C4)C2)C1. The maximum Gasteiger partial charge on any atom is 0.392 e. The Balaban J connectivity index is 1.49. The summed E-state index contributed by atoms with van der Waals surface area (Å²) in [5.41, 5.74) is 4.63. The number of aromatic amines is 1. The van der Waals surface area contributed by atoms with Crippen molar-refractivity contribution in [1.29, 1.82) is 5.26 Å². The smallest absolute Gasteiger partial charge is 0.355 e. The Morgan fingerprint density at radius 3 is 2.79 bits per heavy atom. The highest BCUT2D eigenvalue weighted by Gasteiger charge is 2.50. The second-order valence-corrected chi connectivity index (χ2v) is 10.9. The molecule has 0 radical (unpaired) electrons. The Morgan fingerprint density at radius 2 is 2.08 bits per heavy atom. The molecule has 0 saturated carbocycles. The summed E-state index contributed by atoms with van der Waals surface area (Å²) in [4.78, 5) is 20.6. The Morgan fingerprint density at radius 1 is 1.29 bits per heavy atom. The van der Waals surface area contributed by atoms with Gasteiger partial charge < -0.3 is 9.80 Å². The number of aryl methyl sites for hydroxylation is 1. The summed E-state index contributed by atoms with van der Waals surface area (Å²) in [7, 11) is 0. The van der Waals surface area contributed by atoms with E-state index in [0.717, 1.165) is 34.0 Å². The molecule has 7 nitrogen and oxygen atoms in total. The number of rotatable bonds is 3. The average molecular weight is 521 g/mol. The quantitative estimate of drug-likeness (QED) is 0.506. The van der Waals surface area contributed by atoms with Crippen molar-refractivity contribution in [2.75, 3.05) is 31.1 Å². The van der Waals surface area contributed by atoms with Gasteiger partial charge in [0, 0.05) is 54.7 Å². The van der Waals surface area contributed by atoms with E-state index in [-0.39, 0.29) is 30.6 Å². The van der Waals surface area contributed by atoms with E-state index in [1.807, 2.05) is 24.0 Å². The van der Waals surface area contributed by atoms with Gasteiger partial charge in [-0.25, -0.2) is 4.98 Å². The van der Waals surface area contributed by atoms with E-state index in [9.17, 15) is 23.2 Å². The van der Waals surface area contributed by atoms with Crippen LogP contribution in [0.2, 0.25) is 0 Å². The molecule has 2 saturated heterocycles. The monoisotopic (exact) mass is 520 g/mol. The summed E-state index contributed by atoms with van der Waals surface area (Å²) in [5.74, 6) is -1.13. The fourth-order valence-electron chi connectivity index (χ4n) is 6.52. The topological polar surface area (TPSA) is 88.9 Å². The van der Waals surface area contributed by atoms with Crippen LogP contribution in [0.25, 0.3) is 22.0 Å². The number of hydrogen-bond acceptors (Lipinski definition) is 5. The molecule has 1 atom stereocenters. The van der Waals surface area contributed by atoms with Crippen LogP contribution in [0, 0.1) is 29.6 Å². The minimum absolute atomic E-state index is 0.0319. The highest BCUT2D eigenvalue weighted by molar-refractivity contribution is 5.99. The predicted molar refractivity (Wildman–Crippen MR) is 136 cm³/mol. The first-order valence-corrected chi connectivity index (χ1v) is 12.8. The zero-order valence-corrected chi connectivity index (χ0v) is 21.0. The van der Waals surface area contributed by atoms with E-state index in [0.29, 0.717) is 48.8 Å². The lowest BCUT2D eigenvalue weighted by Gasteiger charge is -2.47. The average Bonchev–Trinajstić information content (AvgIpc) is 3.53. The number of nitrogens with zero attached hydrogens (tertiary/aromatic N) is 5. The minimum Gasteiger partial charge on any atom is -0.355 e. The van der Waals surface area contributed by atoms with Gasteiger partial charge in [-0.05, 0) is 55.0 Å². The van der Waals surface area contributed by atoms with Crippen molar-refractivity contribution in [1.82, 2.24) is 20.1 Å². The Labute approximate surface area is 217 Å². The lowest BCUT2D eigenvalue weighted by molar-refractivity contribution is -0.177. The van der Waals surface area contributed by atoms with Crippen molar-refractivity contribution in [3.05, 3.63) is 53.4 Å². The fraction of sp³-hybridized carbons (Fsp3) is 0.429. The second kappa shape index (κ2) is 8.58. The molecule has 4 heterocycles. The molecule has 196 valence electrons. The van der Waals surface area contributed by atoms with Crippen LogP contribution in [-0.4, -0.2) is 58.3 Å². The molecule has 3 aromatic rings. The van der Waals surface area contributed by atoms with Gasteiger partial charge in [-0.2, -0.15) is 23.5 Å². The standard InChI is InChI=1S/C28H27F3N6O/c1-3-23(38)37-14-27(15-37)8-9-36(13-27)26-19(11-32)25(24-16(2)4-7-21-20(24)12-33-35-21)18-6-5-17(28(29,30)31)10-22(18)34-26/h3-4,7,12,17H,1,5-6,8-10,13-15H2,2H3,(H,33,35)/t17-/m0/s1. The zero-order chi connectivity index (χ0) is 26.8. The summed E-state index contributed by atoms with van der Waals surface area (Å²) < 4.78 is 41.3. The number of carbonyl (C=O) groups is 1. The zero-order valence-electron chi connectivity index (χ0n) is 21.0. The molecule has 0 bridgehead atoms. The highest BCUT2D eigenvalue weighted by Crippen LogP contribution is 2.47. The van der Waals surface area contributed by atoms with Crippen LogP contribution in [0.1, 0.15) is 35.2 Å². The lowest BCUT2D eigenvalue weighted by atomic mass is 9.79. The Kier molecular flexibility index (Phi) is 5.53. The first-order chi connectivity index (χ1) is 18.1. The van der Waals surface area contributed by atoms with Gasteiger partial charge in [0.1, 0.15) is 17.5 Å². The normalized spacial score (nSPS) is 20.3. The molecule has 10 heteroatoms. The van der Waals surface area contributed by atoms with Gasteiger partial charge in [0.2, 0.25) is 5.91 Å². The molecule has 1 N–H and O–H groups in total. The van der Waals surface area contributed by atoms with Crippen molar-refractivity contribution in [3.8, 4) is 17.2 Å². The Hall–Kier alpha value is -3.87. The van der Waals surface area contributed by atoms with Gasteiger partial charge in [0.15, 0.2) is 0 Å². The summed E-state index contributed by atoms with van der Waals surface area (Å²) in [6.07, 6.45) is -0.515. The van der Waals surface area contributed by atoms with Gasteiger partial charge in [0.25, 0.3) is 0 Å². The van der Waals surface area contributed by atoms with Crippen LogP contribution in [0.4, 0.5) is 19.0 Å². The van der Waals surface area contributed by atoms with Crippen LogP contribution in [0.15, 0.2) is 31.0 Å². The fourth-order valence-corrected chi connectivity index (χ4v) is 6.52. The molecule has 6 rings (SSSR count). The van der Waals surface area contributed by atoms with Gasteiger partial charge in [-0.1, -0.05) is 12.6 Å². The number of H-pyrrole nitrogens is 1. The molecular weight excluding hydrogens is 493 g/mol. The lowest BCUT2D eigenvalue weighted by Crippen LogP contribution is -2.59. The van der Waals surface area contributed by atoms with Crippen molar-refractivity contribution in [2.45, 2.75) is 38.8 Å². The summed E-state index contributed by atoms with van der Waals surface area (Å²) >= 11 is 0. The number of fused-ring (bicyclic) bond motifs is 2. The maximum atomic E-state index is 13.8. The van der Waals surface area contributed by atoms with Crippen molar-refractivity contribution in [3.63, 3.8) is 0 Å². The van der Waals surface area contributed by atoms with Crippen molar-refractivity contribution < 1.29 is 18.0 Å². The third-order valence-corrected chi connectivity index (χ3v) is 8.48. The van der Waals surface area contributed by atoms with E-state index in [2.05, 4.69) is 22.8 Å². The van der Waals surface area contributed by atoms with Gasteiger partial charge in [-0.3, -0.25) is 9.89 Å². The van der Waals surface area contributed by atoms with Gasteiger partial charge in [0.05, 0.1) is 17.6 Å². The highest BCUT2D eigenvalue weighted by atomic mass is 19.4. The number of anilines is 1. The second-order valence-electron chi connectivity index (χ2n) is 10.9. The molecular formula is C28H27F3N6O. The summed E-state index contributed by atoms with van der Waals surface area (Å²) in [5, 5.41) is 18.5. The third kappa shape index (κ3) is 3.75. The molecule has 2 aliphatic heterocycles. The van der Waals surface area contributed by atoms with Crippen LogP contribution >= 0.6 is 0 Å². The molecule has 1 aromatic carbocycles. The van der Waals surface area contributed by atoms with E-state index >= 15 is 0 Å². The number of alkyl halides is 3. The number of aromatic nitrogens is 3. The van der Waals surface area contributed by atoms with Crippen LogP contribution in [-0.2, 0) is 17.6 Å². The molecule has 0 unspecified atom stereocenters. The van der Waals surface area contributed by atoms with E-state index in [1.54, 1.807) is 11.1 Å². The molecule has 1 amide bonds. The van der Waals surface area contributed by atoms with Crippen LogP contribution in [0.3, 0.4) is 0 Å². The minimum atomic E-state index is -4.31. The predicted octanol–water partition coefficient (Wildman–Crippen LogP) is 4.70. The number of carbonyl (C=O) groups excluding carboxylic acids is 1. The van der Waals surface area contributed by atoms with Gasteiger partial charge in [-0.15, -0.1) is 0 Å². The molecule has 1 aliphatic carbocycles. The van der Waals surface area contributed by atoms with Crippen molar-refractivity contribution in [2.24, 2.45) is 11.3 Å². The first-order valence-electron chi connectivity index (χ1n) is 12.8. The number of nitrogens with one attached hydrogen (secondary N) is 1. The molecule has 38 heavy (non-hydrogen) atoms. The van der Waals surface area contributed by atoms with Crippen LogP contribution in [0.5, 0.6) is 0 Å². The number of pyridine rings is 1. The largest absolute Gasteiger partial charge is 0.392 e.